The molecule has 0 aliphatic carbocycles. The Hall–Kier alpha value is -3.20. The zero-order chi connectivity index (χ0) is 20.3. The predicted molar refractivity (Wildman–Crippen MR) is 110 cm³/mol. The molecule has 1 aliphatic rings. The van der Waals surface area contributed by atoms with E-state index in [2.05, 4.69) is 25.1 Å². The molecule has 0 atom stereocenters. The molecule has 3 aromatic rings. The van der Waals surface area contributed by atoms with Gasteiger partial charge in [0.05, 0.1) is 16.8 Å². The van der Waals surface area contributed by atoms with Gasteiger partial charge in [-0.3, -0.25) is 4.72 Å². The number of aromatic nitrogens is 2. The highest BCUT2D eigenvalue weighted by atomic mass is 32.2. The van der Waals surface area contributed by atoms with Gasteiger partial charge in [0.2, 0.25) is 0 Å². The number of nitrogens with one attached hydrogen (secondary N) is 2. The fraction of sp³-hybridized carbons (Fsp3) is 0.200. The molecular weight excluding hydrogens is 393 g/mol. The molecule has 0 amide bonds. The van der Waals surface area contributed by atoms with E-state index in [9.17, 15) is 12.8 Å². The zero-order valence-electron chi connectivity index (χ0n) is 15.5. The predicted octanol–water partition coefficient (Wildman–Crippen LogP) is 3.76. The molecule has 9 heteroatoms. The summed E-state index contributed by atoms with van der Waals surface area (Å²) in [6.07, 6.45) is 4.11. The average molecular weight is 413 g/mol. The molecule has 0 radical (unpaired) electrons. The maximum Gasteiger partial charge on any atom is 0.261 e. The van der Waals surface area contributed by atoms with E-state index >= 15 is 0 Å². The molecule has 29 heavy (non-hydrogen) atoms. The normalized spacial score (nSPS) is 14.0. The highest BCUT2D eigenvalue weighted by Crippen LogP contribution is 2.24. The quantitative estimate of drug-likeness (QED) is 0.640. The molecule has 7 nitrogen and oxygen atoms in total. The van der Waals surface area contributed by atoms with Crippen LogP contribution in [0, 0.1) is 5.82 Å². The van der Waals surface area contributed by atoms with Gasteiger partial charge in [-0.25, -0.2) is 12.8 Å². The number of hydrogen-bond acceptors (Lipinski definition) is 6. The molecule has 150 valence electrons. The molecule has 0 bridgehead atoms. The Kier molecular flexibility index (Phi) is 5.30. The molecule has 0 unspecified atom stereocenters. The molecule has 0 saturated carbocycles. The highest BCUT2D eigenvalue weighted by Gasteiger charge is 2.15. The summed E-state index contributed by atoms with van der Waals surface area (Å²) in [5.74, 6) is 0.00665. The lowest BCUT2D eigenvalue weighted by Crippen LogP contribution is -2.18. The van der Waals surface area contributed by atoms with Gasteiger partial charge in [0.25, 0.3) is 10.0 Å². The second kappa shape index (κ2) is 8.04. The first kappa shape index (κ1) is 19.1. The fourth-order valence-corrected chi connectivity index (χ4v) is 4.27. The van der Waals surface area contributed by atoms with Crippen LogP contribution in [0.4, 0.5) is 27.3 Å². The lowest BCUT2D eigenvalue weighted by Gasteiger charge is -2.17. The van der Waals surface area contributed by atoms with Gasteiger partial charge in [0, 0.05) is 30.5 Å². The van der Waals surface area contributed by atoms with Crippen LogP contribution in [0.5, 0.6) is 0 Å². The number of nitrogens with zero attached hydrogens (tertiary/aromatic N) is 3. The maximum atomic E-state index is 13.3. The van der Waals surface area contributed by atoms with Crippen molar-refractivity contribution in [2.45, 2.75) is 17.7 Å². The van der Waals surface area contributed by atoms with E-state index in [0.29, 0.717) is 11.5 Å². The molecule has 1 aromatic heterocycles. The van der Waals surface area contributed by atoms with Crippen molar-refractivity contribution < 1.29 is 12.8 Å². The lowest BCUT2D eigenvalue weighted by molar-refractivity contribution is 0.595. The van der Waals surface area contributed by atoms with Gasteiger partial charge in [-0.15, -0.1) is 5.10 Å². The number of rotatable bonds is 6. The van der Waals surface area contributed by atoms with Gasteiger partial charge in [-0.2, -0.15) is 5.10 Å². The second-order valence-electron chi connectivity index (χ2n) is 6.76. The van der Waals surface area contributed by atoms with Crippen LogP contribution in [-0.4, -0.2) is 31.7 Å². The molecule has 2 aromatic carbocycles. The summed E-state index contributed by atoms with van der Waals surface area (Å²) in [5, 5.41) is 11.3. The van der Waals surface area contributed by atoms with Crippen LogP contribution in [-0.2, 0) is 10.0 Å². The van der Waals surface area contributed by atoms with Crippen LogP contribution in [0.15, 0.2) is 65.7 Å². The van der Waals surface area contributed by atoms with Crippen molar-refractivity contribution in [2.24, 2.45) is 0 Å². The molecule has 0 spiro atoms. The van der Waals surface area contributed by atoms with Crippen LogP contribution in [0.1, 0.15) is 12.8 Å². The molecule has 2 heterocycles. The van der Waals surface area contributed by atoms with Gasteiger partial charge >= 0.3 is 0 Å². The second-order valence-corrected chi connectivity index (χ2v) is 8.44. The van der Waals surface area contributed by atoms with E-state index < -0.39 is 15.8 Å². The van der Waals surface area contributed by atoms with Crippen molar-refractivity contribution in [2.75, 3.05) is 28.0 Å². The minimum absolute atomic E-state index is 0.131. The van der Waals surface area contributed by atoms with Crippen LogP contribution < -0.4 is 14.9 Å². The van der Waals surface area contributed by atoms with Crippen LogP contribution in [0.3, 0.4) is 0 Å². The Bertz CT molecular complexity index is 1100. The largest absolute Gasteiger partial charge is 0.370 e. The van der Waals surface area contributed by atoms with Crippen molar-refractivity contribution in [3.05, 3.63) is 66.6 Å². The van der Waals surface area contributed by atoms with Crippen molar-refractivity contribution in [1.29, 1.82) is 0 Å². The van der Waals surface area contributed by atoms with Crippen molar-refractivity contribution >= 4 is 32.9 Å². The third kappa shape index (κ3) is 4.62. The SMILES string of the molecule is O=S(=O)(Nc1ccc(Nc2cc(N3CCCC3)cnn2)cc1)c1cccc(F)c1. The molecule has 1 aliphatic heterocycles. The van der Waals surface area contributed by atoms with Crippen molar-refractivity contribution in [3.63, 3.8) is 0 Å². The summed E-state index contributed by atoms with van der Waals surface area (Å²) in [4.78, 5) is 2.14. The van der Waals surface area contributed by atoms with Gasteiger partial charge < -0.3 is 10.2 Å². The van der Waals surface area contributed by atoms with E-state index in [4.69, 9.17) is 0 Å². The summed E-state index contributed by atoms with van der Waals surface area (Å²) in [7, 11) is -3.86. The number of hydrogen-bond donors (Lipinski definition) is 2. The first-order valence-corrected chi connectivity index (χ1v) is 10.7. The molecule has 1 saturated heterocycles. The summed E-state index contributed by atoms with van der Waals surface area (Å²) < 4.78 is 40.5. The first-order chi connectivity index (χ1) is 14.0. The maximum absolute atomic E-state index is 13.3. The van der Waals surface area contributed by atoms with E-state index in [-0.39, 0.29) is 4.90 Å². The summed E-state index contributed by atoms with van der Waals surface area (Å²) in [5.41, 5.74) is 2.14. The van der Waals surface area contributed by atoms with Crippen LogP contribution in [0.25, 0.3) is 0 Å². The summed E-state index contributed by atoms with van der Waals surface area (Å²) in [6.45, 7) is 2.04. The van der Waals surface area contributed by atoms with Crippen LogP contribution >= 0.6 is 0 Å². The Morgan fingerprint density at radius 3 is 2.41 bits per heavy atom. The number of benzene rings is 2. The minimum atomic E-state index is -3.86. The topological polar surface area (TPSA) is 87.2 Å². The Morgan fingerprint density at radius 2 is 1.69 bits per heavy atom. The molecule has 4 rings (SSSR count). The van der Waals surface area contributed by atoms with Gasteiger partial charge in [0.15, 0.2) is 5.82 Å². The fourth-order valence-electron chi connectivity index (χ4n) is 3.18. The van der Waals surface area contributed by atoms with Crippen molar-refractivity contribution in [3.8, 4) is 0 Å². The van der Waals surface area contributed by atoms with Gasteiger partial charge in [-0.05, 0) is 55.3 Å². The van der Waals surface area contributed by atoms with E-state index in [1.807, 2.05) is 6.07 Å². The van der Waals surface area contributed by atoms with Crippen LogP contribution in [0.2, 0.25) is 0 Å². The zero-order valence-corrected chi connectivity index (χ0v) is 16.4. The van der Waals surface area contributed by atoms with E-state index in [1.54, 1.807) is 30.5 Å². The Labute approximate surface area is 168 Å². The smallest absolute Gasteiger partial charge is 0.261 e. The summed E-state index contributed by atoms with van der Waals surface area (Å²) in [6, 6.07) is 13.5. The third-order valence-electron chi connectivity index (χ3n) is 4.63. The van der Waals surface area contributed by atoms with Crippen molar-refractivity contribution in [1.82, 2.24) is 10.2 Å². The number of halogens is 1. The highest BCUT2D eigenvalue weighted by molar-refractivity contribution is 7.92. The Balaban J connectivity index is 1.45. The number of anilines is 4. The lowest BCUT2D eigenvalue weighted by atomic mass is 10.3. The van der Waals surface area contributed by atoms with Gasteiger partial charge in [0.1, 0.15) is 5.82 Å². The first-order valence-electron chi connectivity index (χ1n) is 9.23. The molecular formula is C20H20FN5O2S. The molecule has 2 N–H and O–H groups in total. The summed E-state index contributed by atoms with van der Waals surface area (Å²) >= 11 is 0. The van der Waals surface area contributed by atoms with E-state index in [1.165, 1.54) is 31.0 Å². The van der Waals surface area contributed by atoms with E-state index in [0.717, 1.165) is 30.5 Å². The molecule has 1 fully saturated rings. The number of sulfonamides is 1. The third-order valence-corrected chi connectivity index (χ3v) is 6.01. The van der Waals surface area contributed by atoms with Gasteiger partial charge in [-0.1, -0.05) is 6.07 Å². The Morgan fingerprint density at radius 1 is 0.966 bits per heavy atom. The standard InChI is InChI=1S/C20H20FN5O2S/c21-15-4-3-5-19(12-15)29(27,28)25-17-8-6-16(7-9-17)23-20-13-18(14-22-24-20)26-10-1-2-11-26/h3-9,12-14,25H,1-2,10-11H2,(H,23,24). The monoisotopic (exact) mass is 413 g/mol. The minimum Gasteiger partial charge on any atom is -0.370 e. The average Bonchev–Trinajstić information content (AvgIpc) is 3.25.